The zero-order chi connectivity index (χ0) is 13.4. The third-order valence-corrected chi connectivity index (χ3v) is 5.60. The Hall–Kier alpha value is -0.850. The molecular weight excluding hydrogens is 232 g/mol. The molecule has 104 valence electrons. The van der Waals surface area contributed by atoms with E-state index >= 15 is 0 Å². The van der Waals surface area contributed by atoms with Gasteiger partial charge in [-0.25, -0.2) is 0 Å². The third-order valence-electron chi connectivity index (χ3n) is 5.60. The van der Waals surface area contributed by atoms with Gasteiger partial charge >= 0.3 is 0 Å². The van der Waals surface area contributed by atoms with E-state index in [1.165, 1.54) is 31.3 Å². The van der Waals surface area contributed by atoms with Gasteiger partial charge in [-0.05, 0) is 48.0 Å². The maximum absolute atomic E-state index is 11.1. The van der Waals surface area contributed by atoms with Gasteiger partial charge in [0.15, 0.2) is 0 Å². The van der Waals surface area contributed by atoms with E-state index in [1.54, 1.807) is 0 Å². The molecule has 0 bridgehead atoms. The van der Waals surface area contributed by atoms with Crippen molar-refractivity contribution in [2.75, 3.05) is 0 Å². The van der Waals surface area contributed by atoms with Gasteiger partial charge in [0.05, 0.1) is 0 Å². The minimum atomic E-state index is 0.440. The summed E-state index contributed by atoms with van der Waals surface area (Å²) in [7, 11) is 0. The number of hydrogen-bond acceptors (Lipinski definition) is 1. The molecular formula is C18H26O. The SMILES string of the molecule is CC1CCC(C2C=CC(C3CC(=O)C3)=CC2C)CC1. The van der Waals surface area contributed by atoms with E-state index in [1.807, 2.05) is 0 Å². The first-order chi connectivity index (χ1) is 9.13. The highest BCUT2D eigenvalue weighted by Gasteiger charge is 2.33. The van der Waals surface area contributed by atoms with E-state index in [9.17, 15) is 4.79 Å². The van der Waals surface area contributed by atoms with Crippen molar-refractivity contribution in [3.05, 3.63) is 23.8 Å². The quantitative estimate of drug-likeness (QED) is 0.710. The van der Waals surface area contributed by atoms with Crippen LogP contribution in [0.1, 0.15) is 52.4 Å². The monoisotopic (exact) mass is 258 g/mol. The van der Waals surface area contributed by atoms with Crippen LogP contribution >= 0.6 is 0 Å². The molecule has 0 aromatic heterocycles. The van der Waals surface area contributed by atoms with Gasteiger partial charge in [0, 0.05) is 12.8 Å². The predicted octanol–water partition coefficient (Wildman–Crippen LogP) is 4.54. The Morgan fingerprint density at radius 1 is 1.05 bits per heavy atom. The van der Waals surface area contributed by atoms with Crippen LogP contribution in [0.5, 0.6) is 0 Å². The summed E-state index contributed by atoms with van der Waals surface area (Å²) in [4.78, 5) is 11.1. The zero-order valence-electron chi connectivity index (χ0n) is 12.3. The summed E-state index contributed by atoms with van der Waals surface area (Å²) in [6, 6.07) is 0. The molecule has 0 aliphatic heterocycles. The molecule has 0 N–H and O–H groups in total. The van der Waals surface area contributed by atoms with Crippen LogP contribution in [0.3, 0.4) is 0 Å². The van der Waals surface area contributed by atoms with E-state index in [4.69, 9.17) is 0 Å². The lowest BCUT2D eigenvalue weighted by molar-refractivity contribution is -0.125. The Labute approximate surface area is 117 Å². The highest BCUT2D eigenvalue weighted by molar-refractivity contribution is 5.85. The fourth-order valence-corrected chi connectivity index (χ4v) is 4.12. The molecule has 1 heteroatoms. The fourth-order valence-electron chi connectivity index (χ4n) is 4.12. The number of carbonyl (C=O) groups is 1. The molecule has 0 saturated heterocycles. The summed E-state index contributed by atoms with van der Waals surface area (Å²) in [5.41, 5.74) is 1.44. The van der Waals surface area contributed by atoms with Gasteiger partial charge in [0.25, 0.3) is 0 Å². The van der Waals surface area contributed by atoms with Crippen LogP contribution in [0, 0.1) is 29.6 Å². The fraction of sp³-hybridized carbons (Fsp3) is 0.722. The number of Topliss-reactive ketones (excluding diaryl/α,β-unsaturated/α-hetero) is 1. The van der Waals surface area contributed by atoms with Gasteiger partial charge in [-0.3, -0.25) is 4.79 Å². The van der Waals surface area contributed by atoms with Crippen molar-refractivity contribution in [1.82, 2.24) is 0 Å². The van der Waals surface area contributed by atoms with Crippen LogP contribution in [0.25, 0.3) is 0 Å². The Kier molecular flexibility index (Phi) is 3.64. The van der Waals surface area contributed by atoms with E-state index in [0.717, 1.165) is 30.6 Å². The van der Waals surface area contributed by atoms with Crippen molar-refractivity contribution in [3.63, 3.8) is 0 Å². The molecule has 0 heterocycles. The minimum absolute atomic E-state index is 0.440. The number of ketones is 1. The van der Waals surface area contributed by atoms with Gasteiger partial charge < -0.3 is 0 Å². The minimum Gasteiger partial charge on any atom is -0.300 e. The smallest absolute Gasteiger partial charge is 0.134 e. The second-order valence-electron chi connectivity index (χ2n) is 7.13. The number of hydrogen-bond donors (Lipinski definition) is 0. The molecule has 0 amide bonds. The van der Waals surface area contributed by atoms with Crippen LogP contribution in [0.4, 0.5) is 0 Å². The lowest BCUT2D eigenvalue weighted by Gasteiger charge is -2.37. The standard InChI is InChI=1S/C18H26O/c1-12-3-5-14(6-4-12)18-8-7-15(9-13(18)2)16-10-17(19)11-16/h7-9,12-14,16,18H,3-6,10-11H2,1-2H3. The highest BCUT2D eigenvalue weighted by atomic mass is 16.1. The average molecular weight is 258 g/mol. The first-order valence-corrected chi connectivity index (χ1v) is 8.05. The summed E-state index contributed by atoms with van der Waals surface area (Å²) in [5, 5.41) is 0. The molecule has 2 atom stereocenters. The molecule has 2 fully saturated rings. The van der Waals surface area contributed by atoms with Crippen LogP contribution in [0.15, 0.2) is 23.8 Å². The third kappa shape index (κ3) is 2.70. The molecule has 1 nitrogen and oxygen atoms in total. The van der Waals surface area contributed by atoms with Crippen molar-refractivity contribution in [1.29, 1.82) is 0 Å². The first-order valence-electron chi connectivity index (χ1n) is 8.05. The second-order valence-corrected chi connectivity index (χ2v) is 7.13. The number of carbonyl (C=O) groups excluding carboxylic acids is 1. The Morgan fingerprint density at radius 2 is 1.74 bits per heavy atom. The van der Waals surface area contributed by atoms with Crippen molar-refractivity contribution >= 4 is 5.78 Å². The lowest BCUT2D eigenvalue weighted by atomic mass is 9.68. The van der Waals surface area contributed by atoms with Gasteiger partial charge in [0.2, 0.25) is 0 Å². The largest absolute Gasteiger partial charge is 0.300 e. The molecule has 19 heavy (non-hydrogen) atoms. The topological polar surface area (TPSA) is 17.1 Å². The molecule has 0 spiro atoms. The van der Waals surface area contributed by atoms with Crippen molar-refractivity contribution < 1.29 is 4.79 Å². The summed E-state index contributed by atoms with van der Waals surface area (Å²) < 4.78 is 0. The van der Waals surface area contributed by atoms with E-state index in [0.29, 0.717) is 17.6 Å². The van der Waals surface area contributed by atoms with Crippen LogP contribution in [-0.4, -0.2) is 5.78 Å². The van der Waals surface area contributed by atoms with Crippen molar-refractivity contribution in [2.24, 2.45) is 29.6 Å². The van der Waals surface area contributed by atoms with Crippen LogP contribution in [-0.2, 0) is 4.79 Å². The molecule has 3 rings (SSSR count). The maximum atomic E-state index is 11.1. The Balaban J connectivity index is 1.61. The molecule has 0 aromatic carbocycles. The summed E-state index contributed by atoms with van der Waals surface area (Å²) >= 11 is 0. The molecule has 0 aromatic rings. The summed E-state index contributed by atoms with van der Waals surface area (Å²) in [6.07, 6.45) is 14.5. The molecule has 3 aliphatic carbocycles. The normalized spacial score (nSPS) is 39.9. The van der Waals surface area contributed by atoms with Gasteiger partial charge in [-0.1, -0.05) is 44.9 Å². The van der Waals surface area contributed by atoms with Crippen molar-refractivity contribution in [3.8, 4) is 0 Å². The maximum Gasteiger partial charge on any atom is 0.134 e. The lowest BCUT2D eigenvalue weighted by Crippen LogP contribution is -2.29. The van der Waals surface area contributed by atoms with Gasteiger partial charge in [-0.2, -0.15) is 0 Å². The zero-order valence-corrected chi connectivity index (χ0v) is 12.3. The molecule has 3 aliphatic rings. The van der Waals surface area contributed by atoms with Crippen LogP contribution in [0.2, 0.25) is 0 Å². The Bertz CT molecular complexity index is 401. The Morgan fingerprint density at radius 3 is 2.32 bits per heavy atom. The van der Waals surface area contributed by atoms with Gasteiger partial charge in [-0.15, -0.1) is 0 Å². The second kappa shape index (κ2) is 5.26. The first kappa shape index (κ1) is 13.1. The number of rotatable bonds is 2. The van der Waals surface area contributed by atoms with Gasteiger partial charge in [0.1, 0.15) is 5.78 Å². The predicted molar refractivity (Wildman–Crippen MR) is 78.7 cm³/mol. The average Bonchev–Trinajstić information content (AvgIpc) is 2.36. The van der Waals surface area contributed by atoms with Crippen molar-refractivity contribution in [2.45, 2.75) is 52.4 Å². The highest BCUT2D eigenvalue weighted by Crippen LogP contribution is 2.42. The molecule has 0 radical (unpaired) electrons. The van der Waals surface area contributed by atoms with E-state index in [-0.39, 0.29) is 0 Å². The summed E-state index contributed by atoms with van der Waals surface area (Å²) in [5.74, 6) is 4.21. The molecule has 2 unspecified atom stereocenters. The molecule has 2 saturated carbocycles. The van der Waals surface area contributed by atoms with Crippen LogP contribution < -0.4 is 0 Å². The van der Waals surface area contributed by atoms with E-state index < -0.39 is 0 Å². The summed E-state index contributed by atoms with van der Waals surface area (Å²) in [6.45, 7) is 4.76. The number of allylic oxidation sites excluding steroid dienone is 4. The van der Waals surface area contributed by atoms with E-state index in [2.05, 4.69) is 32.1 Å².